The summed E-state index contributed by atoms with van der Waals surface area (Å²) in [6.07, 6.45) is -3.18. The van der Waals surface area contributed by atoms with Crippen LogP contribution in [-0.4, -0.2) is 77.3 Å². The van der Waals surface area contributed by atoms with E-state index in [1.165, 1.54) is 17.7 Å². The van der Waals surface area contributed by atoms with Crippen molar-refractivity contribution in [2.24, 2.45) is 5.92 Å². The van der Waals surface area contributed by atoms with Crippen molar-refractivity contribution in [3.8, 4) is 11.1 Å². The zero-order valence-electron chi connectivity index (χ0n) is 25.9. The first-order valence-corrected chi connectivity index (χ1v) is 16.0. The fourth-order valence-corrected chi connectivity index (χ4v) is 6.54. The maximum absolute atomic E-state index is 13.5. The smallest absolute Gasteiger partial charge is 0.346 e. The lowest BCUT2D eigenvalue weighted by atomic mass is 9.94. The Morgan fingerprint density at radius 2 is 1.48 bits per heavy atom. The summed E-state index contributed by atoms with van der Waals surface area (Å²) < 4.78 is 39.1. The molecular weight excluding hydrogens is 609 g/mol. The Bertz CT molecular complexity index is 1550. The third-order valence-corrected chi connectivity index (χ3v) is 9.36. The molecule has 2 heterocycles. The minimum atomic E-state index is -4.43. The molecule has 0 bridgehead atoms. The molecule has 2 saturated heterocycles. The van der Waals surface area contributed by atoms with E-state index in [1.54, 1.807) is 29.2 Å². The van der Waals surface area contributed by atoms with Gasteiger partial charge in [0.2, 0.25) is 0 Å². The number of thiocarbonyl (C=S) groups is 1. The minimum absolute atomic E-state index is 0.00919. The predicted octanol–water partition coefficient (Wildman–Crippen LogP) is 6.60. The number of piperidine rings is 1. The molecule has 3 aromatic rings. The van der Waals surface area contributed by atoms with Crippen molar-refractivity contribution in [2.45, 2.75) is 31.9 Å². The summed E-state index contributed by atoms with van der Waals surface area (Å²) in [7, 11) is 0. The molecule has 2 aliphatic rings. The molecule has 1 atom stereocenters. The highest BCUT2D eigenvalue weighted by Gasteiger charge is 2.31. The van der Waals surface area contributed by atoms with Gasteiger partial charge < -0.3 is 15.1 Å². The average molecular weight is 649 g/mol. The molecule has 0 aromatic heterocycles. The minimum Gasteiger partial charge on any atom is -0.346 e. The summed E-state index contributed by atoms with van der Waals surface area (Å²) in [5.74, 6) is 0.0772. The first-order chi connectivity index (χ1) is 22.0. The van der Waals surface area contributed by atoms with Gasteiger partial charge in [-0.1, -0.05) is 86.4 Å². The quantitative estimate of drug-likeness (QED) is 0.220. The molecule has 0 spiro atoms. The Balaban J connectivity index is 1.09. The normalized spacial score (nSPS) is 17.0. The molecule has 242 valence electrons. The molecule has 10 heteroatoms. The van der Waals surface area contributed by atoms with E-state index < -0.39 is 11.7 Å². The number of hydrogen-bond donors (Lipinski definition) is 1. The standard InChI is InChI=1S/C36H39F3N4O2S/c1-25(27-8-4-3-5-9-27)24-41-20-22-43(23-21-41)34(44)26(2)40-33(46)29-16-18-42(19-17-29)35(45)32-11-7-6-10-31(32)28-12-14-30(15-13-28)36(37,38)39/h3-15,25,29H,2,16-24H2,1H3,(H,40,46). The van der Waals surface area contributed by atoms with Crippen molar-refractivity contribution >= 4 is 29.0 Å². The fourth-order valence-electron chi connectivity index (χ4n) is 6.18. The van der Waals surface area contributed by atoms with Crippen LogP contribution in [0.3, 0.4) is 0 Å². The molecule has 2 aliphatic heterocycles. The highest BCUT2D eigenvalue weighted by atomic mass is 32.1. The lowest BCUT2D eigenvalue weighted by molar-refractivity contribution is -0.137. The summed E-state index contributed by atoms with van der Waals surface area (Å²) in [6.45, 7) is 10.9. The summed E-state index contributed by atoms with van der Waals surface area (Å²) >= 11 is 5.67. The molecule has 1 unspecified atom stereocenters. The van der Waals surface area contributed by atoms with Gasteiger partial charge in [0.25, 0.3) is 11.8 Å². The van der Waals surface area contributed by atoms with Crippen LogP contribution < -0.4 is 5.32 Å². The second kappa shape index (κ2) is 14.6. The lowest BCUT2D eigenvalue weighted by Gasteiger charge is -2.36. The van der Waals surface area contributed by atoms with Crippen molar-refractivity contribution in [2.75, 3.05) is 45.8 Å². The van der Waals surface area contributed by atoms with Crippen LogP contribution in [0.4, 0.5) is 13.2 Å². The number of carbonyl (C=O) groups is 2. The number of benzene rings is 3. The predicted molar refractivity (Wildman–Crippen MR) is 178 cm³/mol. The monoisotopic (exact) mass is 648 g/mol. The topological polar surface area (TPSA) is 55.9 Å². The van der Waals surface area contributed by atoms with Crippen molar-refractivity contribution in [3.63, 3.8) is 0 Å². The van der Waals surface area contributed by atoms with Crippen molar-refractivity contribution < 1.29 is 22.8 Å². The molecule has 6 nitrogen and oxygen atoms in total. The number of carbonyl (C=O) groups excluding carboxylic acids is 2. The van der Waals surface area contributed by atoms with Gasteiger partial charge in [-0.15, -0.1) is 0 Å². The summed E-state index contributed by atoms with van der Waals surface area (Å²) in [6, 6.07) is 22.3. The number of hydrogen-bond acceptors (Lipinski definition) is 4. The number of amides is 2. The highest BCUT2D eigenvalue weighted by Crippen LogP contribution is 2.32. The van der Waals surface area contributed by atoms with Gasteiger partial charge in [0.1, 0.15) is 0 Å². The summed E-state index contributed by atoms with van der Waals surface area (Å²) in [5, 5.41) is 3.08. The van der Waals surface area contributed by atoms with Crippen LogP contribution in [0.15, 0.2) is 91.1 Å². The Labute approximate surface area is 273 Å². The second-order valence-corrected chi connectivity index (χ2v) is 12.5. The van der Waals surface area contributed by atoms with E-state index >= 15 is 0 Å². The molecular formula is C36H39F3N4O2S. The maximum atomic E-state index is 13.5. The Morgan fingerprint density at radius 1 is 0.870 bits per heavy atom. The van der Waals surface area contributed by atoms with E-state index in [0.717, 1.165) is 31.8 Å². The largest absolute Gasteiger partial charge is 0.416 e. The lowest BCUT2D eigenvalue weighted by Crippen LogP contribution is -2.51. The van der Waals surface area contributed by atoms with Gasteiger partial charge in [-0.25, -0.2) is 0 Å². The van der Waals surface area contributed by atoms with Gasteiger partial charge in [-0.3, -0.25) is 14.5 Å². The van der Waals surface area contributed by atoms with Crippen LogP contribution in [0.5, 0.6) is 0 Å². The van der Waals surface area contributed by atoms with Gasteiger partial charge in [0.15, 0.2) is 0 Å². The highest BCUT2D eigenvalue weighted by molar-refractivity contribution is 7.80. The molecule has 0 saturated carbocycles. The zero-order chi connectivity index (χ0) is 32.8. The molecule has 3 aromatic carbocycles. The molecule has 0 radical (unpaired) electrons. The van der Waals surface area contributed by atoms with Crippen LogP contribution in [0.1, 0.15) is 47.2 Å². The van der Waals surface area contributed by atoms with E-state index in [2.05, 4.69) is 48.0 Å². The number of nitrogens with zero attached hydrogens (tertiary/aromatic N) is 3. The fraction of sp³-hybridized carbons (Fsp3) is 0.361. The van der Waals surface area contributed by atoms with Crippen LogP contribution >= 0.6 is 12.2 Å². The van der Waals surface area contributed by atoms with E-state index in [1.807, 2.05) is 11.0 Å². The number of rotatable bonds is 8. The Morgan fingerprint density at radius 3 is 2.11 bits per heavy atom. The molecule has 0 aliphatic carbocycles. The van der Waals surface area contributed by atoms with Crippen LogP contribution in [-0.2, 0) is 11.0 Å². The average Bonchev–Trinajstić information content (AvgIpc) is 3.08. The van der Waals surface area contributed by atoms with Crippen molar-refractivity contribution in [3.05, 3.63) is 108 Å². The van der Waals surface area contributed by atoms with Gasteiger partial charge in [-0.05, 0) is 53.6 Å². The van der Waals surface area contributed by atoms with Gasteiger partial charge in [0, 0.05) is 57.3 Å². The van der Waals surface area contributed by atoms with Crippen LogP contribution in [0.25, 0.3) is 11.1 Å². The number of likely N-dealkylation sites (tertiary alicyclic amines) is 1. The van der Waals surface area contributed by atoms with Gasteiger partial charge in [-0.2, -0.15) is 13.2 Å². The second-order valence-electron chi connectivity index (χ2n) is 12.1. The number of halogens is 3. The Kier molecular flexibility index (Phi) is 10.6. The SMILES string of the molecule is C=C(NC(=S)C1CCN(C(=O)c2ccccc2-c2ccc(C(F)(F)F)cc2)CC1)C(=O)N1CCN(CC(C)c2ccccc2)CC1. The molecule has 2 fully saturated rings. The Hall–Kier alpha value is -4.02. The van der Waals surface area contributed by atoms with Crippen LogP contribution in [0.2, 0.25) is 0 Å². The number of alkyl halides is 3. The molecule has 46 heavy (non-hydrogen) atoms. The van der Waals surface area contributed by atoms with Crippen molar-refractivity contribution in [1.82, 2.24) is 20.0 Å². The van der Waals surface area contributed by atoms with Crippen molar-refractivity contribution in [1.29, 1.82) is 0 Å². The van der Waals surface area contributed by atoms with E-state index in [-0.39, 0.29) is 23.4 Å². The van der Waals surface area contributed by atoms with Gasteiger partial charge >= 0.3 is 6.18 Å². The third kappa shape index (κ3) is 8.03. The van der Waals surface area contributed by atoms with Crippen LogP contribution in [0, 0.1) is 5.92 Å². The zero-order valence-corrected chi connectivity index (χ0v) is 26.7. The summed E-state index contributed by atoms with van der Waals surface area (Å²) in [4.78, 5) is 33.2. The molecule has 5 rings (SSSR count). The van der Waals surface area contributed by atoms with E-state index in [9.17, 15) is 22.8 Å². The summed E-state index contributed by atoms with van der Waals surface area (Å²) in [5.41, 5.74) is 2.41. The first kappa shape index (κ1) is 33.3. The third-order valence-electron chi connectivity index (χ3n) is 8.93. The first-order valence-electron chi connectivity index (χ1n) is 15.6. The number of nitrogens with one attached hydrogen (secondary N) is 1. The van der Waals surface area contributed by atoms with Gasteiger partial charge in [0.05, 0.1) is 16.2 Å². The van der Waals surface area contributed by atoms with E-state index in [4.69, 9.17) is 12.2 Å². The molecule has 1 N–H and O–H groups in total. The van der Waals surface area contributed by atoms with E-state index in [0.29, 0.717) is 66.6 Å². The molecule has 2 amide bonds. The maximum Gasteiger partial charge on any atom is 0.416 e. The number of piperazine rings is 1.